The summed E-state index contributed by atoms with van der Waals surface area (Å²) in [6.07, 6.45) is 1.91. The monoisotopic (exact) mass is 267 g/mol. The van der Waals surface area contributed by atoms with E-state index in [1.54, 1.807) is 18.0 Å². The van der Waals surface area contributed by atoms with E-state index in [0.29, 0.717) is 5.02 Å². The first kappa shape index (κ1) is 13.4. The van der Waals surface area contributed by atoms with E-state index in [1.807, 2.05) is 19.1 Å². The number of carbonyl (C=O) groups is 1. The minimum Gasteiger partial charge on any atom is -0.392 e. The molecule has 0 heterocycles. The predicted octanol–water partition coefficient (Wildman–Crippen LogP) is 2.77. The van der Waals surface area contributed by atoms with Gasteiger partial charge in [0.2, 0.25) is 5.91 Å². The number of benzene rings is 1. The van der Waals surface area contributed by atoms with Crippen LogP contribution in [0.3, 0.4) is 0 Å². The van der Waals surface area contributed by atoms with Gasteiger partial charge in [-0.15, -0.1) is 0 Å². The smallest absolute Gasteiger partial charge is 0.232 e. The van der Waals surface area contributed by atoms with Gasteiger partial charge in [0.05, 0.1) is 12.0 Å². The molecule has 2 unspecified atom stereocenters. The Hall–Kier alpha value is -1.06. The molecule has 0 bridgehead atoms. The highest BCUT2D eigenvalue weighted by Gasteiger charge is 2.33. The number of amides is 1. The number of carbonyl (C=O) groups excluding carboxylic acids is 1. The zero-order valence-corrected chi connectivity index (χ0v) is 11.4. The van der Waals surface area contributed by atoms with Crippen LogP contribution in [0, 0.1) is 12.8 Å². The number of anilines is 1. The highest BCUT2D eigenvalue weighted by Crippen LogP contribution is 2.29. The van der Waals surface area contributed by atoms with Crippen LogP contribution in [0.25, 0.3) is 0 Å². The zero-order valence-electron chi connectivity index (χ0n) is 10.7. The lowest BCUT2D eigenvalue weighted by molar-refractivity contribution is -0.124. The molecule has 0 spiro atoms. The summed E-state index contributed by atoms with van der Waals surface area (Å²) < 4.78 is 0. The van der Waals surface area contributed by atoms with Gasteiger partial charge in [0.15, 0.2) is 0 Å². The topological polar surface area (TPSA) is 40.5 Å². The minimum absolute atomic E-state index is 0.0279. The van der Waals surface area contributed by atoms with Crippen molar-refractivity contribution in [3.05, 3.63) is 28.8 Å². The van der Waals surface area contributed by atoms with Crippen molar-refractivity contribution in [2.75, 3.05) is 11.9 Å². The maximum atomic E-state index is 12.3. The van der Waals surface area contributed by atoms with E-state index in [-0.39, 0.29) is 11.8 Å². The number of aliphatic hydroxyl groups is 1. The predicted molar refractivity (Wildman–Crippen MR) is 72.9 cm³/mol. The number of nitrogens with zero attached hydrogens (tertiary/aromatic N) is 1. The molecule has 98 valence electrons. The third-order valence-corrected chi connectivity index (χ3v) is 4.08. The molecule has 2 rings (SSSR count). The van der Waals surface area contributed by atoms with Gasteiger partial charge in [-0.3, -0.25) is 4.79 Å². The van der Waals surface area contributed by atoms with Crippen molar-refractivity contribution in [2.24, 2.45) is 5.92 Å². The second-order valence-electron chi connectivity index (χ2n) is 4.94. The van der Waals surface area contributed by atoms with Crippen LogP contribution in [0.4, 0.5) is 5.69 Å². The maximum absolute atomic E-state index is 12.3. The quantitative estimate of drug-likeness (QED) is 0.895. The lowest BCUT2D eigenvalue weighted by Gasteiger charge is -2.23. The molecule has 4 heteroatoms. The fraction of sp³-hybridized carbons (Fsp3) is 0.500. The second-order valence-corrected chi connectivity index (χ2v) is 5.34. The lowest BCUT2D eigenvalue weighted by Crippen LogP contribution is -2.36. The van der Waals surface area contributed by atoms with Crippen molar-refractivity contribution in [1.82, 2.24) is 0 Å². The third-order valence-electron chi connectivity index (χ3n) is 3.67. The fourth-order valence-electron chi connectivity index (χ4n) is 2.39. The highest BCUT2D eigenvalue weighted by molar-refractivity contribution is 6.31. The maximum Gasteiger partial charge on any atom is 0.232 e. The van der Waals surface area contributed by atoms with Crippen LogP contribution in [0.5, 0.6) is 0 Å². The number of hydrogen-bond donors (Lipinski definition) is 1. The van der Waals surface area contributed by atoms with E-state index in [9.17, 15) is 9.90 Å². The van der Waals surface area contributed by atoms with Crippen LogP contribution in [0.15, 0.2) is 18.2 Å². The molecule has 1 fully saturated rings. The third kappa shape index (κ3) is 2.52. The molecule has 3 nitrogen and oxygen atoms in total. The fourth-order valence-corrected chi connectivity index (χ4v) is 2.57. The average molecular weight is 268 g/mol. The van der Waals surface area contributed by atoms with Crippen LogP contribution >= 0.6 is 11.6 Å². The number of aliphatic hydroxyl groups excluding tert-OH is 1. The van der Waals surface area contributed by atoms with E-state index < -0.39 is 6.10 Å². The van der Waals surface area contributed by atoms with Crippen molar-refractivity contribution in [2.45, 2.75) is 32.3 Å². The summed E-state index contributed by atoms with van der Waals surface area (Å²) >= 11 is 6.06. The Morgan fingerprint density at radius 2 is 2.17 bits per heavy atom. The summed E-state index contributed by atoms with van der Waals surface area (Å²) in [6, 6.07) is 5.56. The van der Waals surface area contributed by atoms with Crippen molar-refractivity contribution in [3.63, 3.8) is 0 Å². The normalized spacial score (nSPS) is 23.1. The van der Waals surface area contributed by atoms with Gasteiger partial charge in [0.25, 0.3) is 0 Å². The summed E-state index contributed by atoms with van der Waals surface area (Å²) in [5.41, 5.74) is 1.76. The highest BCUT2D eigenvalue weighted by atomic mass is 35.5. The molecule has 0 radical (unpaired) electrons. The molecule has 1 N–H and O–H groups in total. The molecule has 0 aromatic heterocycles. The number of halogens is 1. The van der Waals surface area contributed by atoms with E-state index in [1.165, 1.54) is 0 Å². The standard InChI is InChI=1S/C14H18ClNO2/c1-9-6-7-10(8-12(9)15)16(2)14(18)11-4-3-5-13(11)17/h6-8,11,13,17H,3-5H2,1-2H3. The second kappa shape index (κ2) is 5.29. The van der Waals surface area contributed by atoms with Crippen LogP contribution in [-0.4, -0.2) is 24.2 Å². The molecule has 1 aliphatic carbocycles. The largest absolute Gasteiger partial charge is 0.392 e. The molecule has 1 aromatic carbocycles. The Morgan fingerprint density at radius 1 is 1.44 bits per heavy atom. The van der Waals surface area contributed by atoms with E-state index >= 15 is 0 Å². The summed E-state index contributed by atoms with van der Waals surface area (Å²) in [5, 5.41) is 10.4. The zero-order chi connectivity index (χ0) is 13.3. The Bertz CT molecular complexity index is 461. The van der Waals surface area contributed by atoms with Crippen LogP contribution in [0.1, 0.15) is 24.8 Å². The molecule has 2 atom stereocenters. The molecule has 0 aliphatic heterocycles. The average Bonchev–Trinajstić information content (AvgIpc) is 2.77. The molecule has 1 aromatic rings. The van der Waals surface area contributed by atoms with Crippen molar-refractivity contribution < 1.29 is 9.90 Å². The Kier molecular flexibility index (Phi) is 3.93. The summed E-state index contributed by atoms with van der Waals surface area (Å²) in [4.78, 5) is 13.9. The van der Waals surface area contributed by atoms with Crippen molar-refractivity contribution in [3.8, 4) is 0 Å². The molecular formula is C14H18ClNO2. The molecule has 0 saturated heterocycles. The van der Waals surface area contributed by atoms with Gasteiger partial charge in [-0.2, -0.15) is 0 Å². The Labute approximate surface area is 112 Å². The molecule has 18 heavy (non-hydrogen) atoms. The molecular weight excluding hydrogens is 250 g/mol. The first-order chi connectivity index (χ1) is 8.50. The summed E-state index contributed by atoms with van der Waals surface area (Å²) in [6.45, 7) is 1.93. The minimum atomic E-state index is -0.499. The SMILES string of the molecule is Cc1ccc(N(C)C(=O)C2CCCC2O)cc1Cl. The van der Waals surface area contributed by atoms with Crippen molar-refractivity contribution in [1.29, 1.82) is 0 Å². The van der Waals surface area contributed by atoms with Crippen LogP contribution < -0.4 is 4.90 Å². The van der Waals surface area contributed by atoms with E-state index in [4.69, 9.17) is 11.6 Å². The number of hydrogen-bond acceptors (Lipinski definition) is 2. The van der Waals surface area contributed by atoms with Gasteiger partial charge in [0, 0.05) is 17.8 Å². The number of aryl methyl sites for hydroxylation is 1. The summed E-state index contributed by atoms with van der Waals surface area (Å²) in [7, 11) is 1.73. The Balaban J connectivity index is 2.17. The number of rotatable bonds is 2. The van der Waals surface area contributed by atoms with E-state index in [2.05, 4.69) is 0 Å². The van der Waals surface area contributed by atoms with E-state index in [0.717, 1.165) is 30.5 Å². The van der Waals surface area contributed by atoms with Gasteiger partial charge < -0.3 is 10.0 Å². The van der Waals surface area contributed by atoms with Gasteiger partial charge in [-0.25, -0.2) is 0 Å². The Morgan fingerprint density at radius 3 is 2.72 bits per heavy atom. The van der Waals surface area contributed by atoms with Crippen LogP contribution in [-0.2, 0) is 4.79 Å². The summed E-state index contributed by atoms with van der Waals surface area (Å²) in [5.74, 6) is -0.296. The van der Waals surface area contributed by atoms with Gasteiger partial charge in [-0.05, 0) is 43.9 Å². The van der Waals surface area contributed by atoms with Gasteiger partial charge >= 0.3 is 0 Å². The van der Waals surface area contributed by atoms with Crippen molar-refractivity contribution >= 4 is 23.2 Å². The molecule has 1 amide bonds. The van der Waals surface area contributed by atoms with Gasteiger partial charge in [0.1, 0.15) is 0 Å². The van der Waals surface area contributed by atoms with Crippen LogP contribution in [0.2, 0.25) is 5.02 Å². The molecule has 1 saturated carbocycles. The molecule has 1 aliphatic rings. The lowest BCUT2D eigenvalue weighted by atomic mass is 10.0. The first-order valence-electron chi connectivity index (χ1n) is 6.22. The first-order valence-corrected chi connectivity index (χ1v) is 6.60. The van der Waals surface area contributed by atoms with Gasteiger partial charge in [-0.1, -0.05) is 17.7 Å².